The van der Waals surface area contributed by atoms with E-state index in [4.69, 9.17) is 17.3 Å². The normalized spacial score (nSPS) is 12.9. The number of hydrogen-bond acceptors (Lipinski definition) is 1. The molecule has 2 N–H and O–H groups in total. The third kappa shape index (κ3) is 2.52. The first-order valence-electron chi connectivity index (χ1n) is 3.71. The van der Waals surface area contributed by atoms with Gasteiger partial charge in [-0.3, -0.25) is 0 Å². The standard InChI is InChI=1S/C9H12ClN/c10-7-6-9(11)8-4-2-1-3-5-8/h1-5,9H,6-7,11H2/t9-/m0/s1. The van der Waals surface area contributed by atoms with Gasteiger partial charge in [-0.15, -0.1) is 11.6 Å². The van der Waals surface area contributed by atoms with E-state index < -0.39 is 0 Å². The molecule has 0 amide bonds. The molecule has 0 spiro atoms. The Morgan fingerprint density at radius 3 is 2.45 bits per heavy atom. The molecule has 11 heavy (non-hydrogen) atoms. The molecule has 0 aliphatic heterocycles. The Kier molecular flexibility index (Phi) is 3.40. The zero-order valence-electron chi connectivity index (χ0n) is 6.33. The molecule has 0 fully saturated rings. The van der Waals surface area contributed by atoms with E-state index in [0.29, 0.717) is 5.88 Å². The minimum Gasteiger partial charge on any atom is -0.324 e. The monoisotopic (exact) mass is 169 g/mol. The van der Waals surface area contributed by atoms with E-state index in [0.717, 1.165) is 12.0 Å². The summed E-state index contributed by atoms with van der Waals surface area (Å²) >= 11 is 5.57. The molecular formula is C9H12ClN. The Morgan fingerprint density at radius 1 is 1.27 bits per heavy atom. The number of rotatable bonds is 3. The molecule has 1 atom stereocenters. The van der Waals surface area contributed by atoms with Crippen molar-refractivity contribution in [3.63, 3.8) is 0 Å². The Labute approximate surface area is 72.2 Å². The lowest BCUT2D eigenvalue weighted by Crippen LogP contribution is -2.10. The highest BCUT2D eigenvalue weighted by Crippen LogP contribution is 2.13. The van der Waals surface area contributed by atoms with Crippen LogP contribution in [0.5, 0.6) is 0 Å². The van der Waals surface area contributed by atoms with Gasteiger partial charge in [-0.25, -0.2) is 0 Å². The number of alkyl halides is 1. The van der Waals surface area contributed by atoms with E-state index in [1.165, 1.54) is 0 Å². The SMILES string of the molecule is N[C@@H](CCCl)c1ccccc1. The molecular weight excluding hydrogens is 158 g/mol. The molecule has 60 valence electrons. The molecule has 1 aromatic rings. The van der Waals surface area contributed by atoms with Crippen LogP contribution in [0, 0.1) is 0 Å². The third-order valence-electron chi connectivity index (χ3n) is 1.65. The predicted molar refractivity (Wildman–Crippen MR) is 48.7 cm³/mol. The number of nitrogens with two attached hydrogens (primary N) is 1. The summed E-state index contributed by atoms with van der Waals surface area (Å²) in [5.41, 5.74) is 6.98. The van der Waals surface area contributed by atoms with Crippen molar-refractivity contribution >= 4 is 11.6 Å². The van der Waals surface area contributed by atoms with Crippen LogP contribution in [0.3, 0.4) is 0 Å². The zero-order chi connectivity index (χ0) is 8.10. The summed E-state index contributed by atoms with van der Waals surface area (Å²) < 4.78 is 0. The first-order valence-corrected chi connectivity index (χ1v) is 4.24. The highest BCUT2D eigenvalue weighted by molar-refractivity contribution is 6.17. The van der Waals surface area contributed by atoms with Gasteiger partial charge in [-0.1, -0.05) is 30.3 Å². The lowest BCUT2D eigenvalue weighted by atomic mass is 10.1. The highest BCUT2D eigenvalue weighted by Gasteiger charge is 2.02. The molecule has 0 unspecified atom stereocenters. The summed E-state index contributed by atoms with van der Waals surface area (Å²) in [5, 5.41) is 0. The van der Waals surface area contributed by atoms with E-state index in [1.54, 1.807) is 0 Å². The Bertz CT molecular complexity index is 198. The first-order chi connectivity index (χ1) is 5.34. The van der Waals surface area contributed by atoms with Crippen molar-refractivity contribution in [1.29, 1.82) is 0 Å². The molecule has 0 aliphatic carbocycles. The van der Waals surface area contributed by atoms with Crippen LogP contribution in [0.1, 0.15) is 18.0 Å². The Morgan fingerprint density at radius 2 is 1.91 bits per heavy atom. The van der Waals surface area contributed by atoms with Crippen LogP contribution in [-0.4, -0.2) is 5.88 Å². The maximum absolute atomic E-state index is 5.82. The van der Waals surface area contributed by atoms with Crippen molar-refractivity contribution in [3.05, 3.63) is 35.9 Å². The van der Waals surface area contributed by atoms with Crippen molar-refractivity contribution in [1.82, 2.24) is 0 Å². The molecule has 1 nitrogen and oxygen atoms in total. The van der Waals surface area contributed by atoms with Gasteiger partial charge in [0, 0.05) is 11.9 Å². The summed E-state index contributed by atoms with van der Waals surface area (Å²) in [6.07, 6.45) is 0.839. The van der Waals surface area contributed by atoms with E-state index >= 15 is 0 Å². The Balaban J connectivity index is 2.61. The van der Waals surface area contributed by atoms with Crippen LogP contribution >= 0.6 is 11.6 Å². The van der Waals surface area contributed by atoms with Gasteiger partial charge >= 0.3 is 0 Å². The van der Waals surface area contributed by atoms with E-state index in [2.05, 4.69) is 0 Å². The van der Waals surface area contributed by atoms with E-state index in [-0.39, 0.29) is 6.04 Å². The van der Waals surface area contributed by atoms with Crippen molar-refractivity contribution < 1.29 is 0 Å². The van der Waals surface area contributed by atoms with E-state index in [9.17, 15) is 0 Å². The summed E-state index contributed by atoms with van der Waals surface area (Å²) in [4.78, 5) is 0. The second-order valence-corrected chi connectivity index (χ2v) is 2.87. The van der Waals surface area contributed by atoms with Crippen LogP contribution in [0.2, 0.25) is 0 Å². The molecule has 1 aromatic carbocycles. The van der Waals surface area contributed by atoms with Gasteiger partial charge in [0.15, 0.2) is 0 Å². The molecule has 2 heteroatoms. The van der Waals surface area contributed by atoms with Crippen LogP contribution in [0.4, 0.5) is 0 Å². The fourth-order valence-corrected chi connectivity index (χ4v) is 1.22. The average molecular weight is 170 g/mol. The van der Waals surface area contributed by atoms with Crippen molar-refractivity contribution in [2.24, 2.45) is 5.73 Å². The zero-order valence-corrected chi connectivity index (χ0v) is 7.09. The number of benzene rings is 1. The topological polar surface area (TPSA) is 26.0 Å². The van der Waals surface area contributed by atoms with E-state index in [1.807, 2.05) is 30.3 Å². The second-order valence-electron chi connectivity index (χ2n) is 2.49. The third-order valence-corrected chi connectivity index (χ3v) is 1.87. The summed E-state index contributed by atoms with van der Waals surface area (Å²) in [5.74, 6) is 0.621. The molecule has 0 saturated carbocycles. The van der Waals surface area contributed by atoms with Gasteiger partial charge in [-0.2, -0.15) is 0 Å². The molecule has 0 aliphatic rings. The largest absolute Gasteiger partial charge is 0.324 e. The number of hydrogen-bond donors (Lipinski definition) is 1. The fraction of sp³-hybridized carbons (Fsp3) is 0.333. The maximum Gasteiger partial charge on any atom is 0.0306 e. The maximum atomic E-state index is 5.82. The first kappa shape index (κ1) is 8.57. The molecule has 0 aromatic heterocycles. The lowest BCUT2D eigenvalue weighted by molar-refractivity contribution is 0.703. The van der Waals surface area contributed by atoms with Crippen LogP contribution in [-0.2, 0) is 0 Å². The second kappa shape index (κ2) is 4.37. The van der Waals surface area contributed by atoms with Gasteiger partial charge in [0.1, 0.15) is 0 Å². The van der Waals surface area contributed by atoms with Gasteiger partial charge in [0.2, 0.25) is 0 Å². The van der Waals surface area contributed by atoms with Crippen LogP contribution < -0.4 is 5.73 Å². The van der Waals surface area contributed by atoms with Crippen molar-refractivity contribution in [2.45, 2.75) is 12.5 Å². The summed E-state index contributed by atoms with van der Waals surface area (Å²) in [7, 11) is 0. The average Bonchev–Trinajstić information content (AvgIpc) is 2.07. The predicted octanol–water partition coefficient (Wildman–Crippen LogP) is 2.32. The van der Waals surface area contributed by atoms with Crippen LogP contribution in [0.15, 0.2) is 30.3 Å². The Hall–Kier alpha value is -0.530. The fourth-order valence-electron chi connectivity index (χ4n) is 0.984. The summed E-state index contributed by atoms with van der Waals surface area (Å²) in [6.45, 7) is 0. The molecule has 1 rings (SSSR count). The molecule has 0 heterocycles. The van der Waals surface area contributed by atoms with Gasteiger partial charge in [0.25, 0.3) is 0 Å². The quantitative estimate of drug-likeness (QED) is 0.691. The molecule has 0 radical (unpaired) electrons. The highest BCUT2D eigenvalue weighted by atomic mass is 35.5. The number of halogens is 1. The minimum atomic E-state index is 0.0914. The molecule has 0 saturated heterocycles. The van der Waals surface area contributed by atoms with Gasteiger partial charge in [0.05, 0.1) is 0 Å². The van der Waals surface area contributed by atoms with Crippen molar-refractivity contribution in [3.8, 4) is 0 Å². The minimum absolute atomic E-state index is 0.0914. The van der Waals surface area contributed by atoms with Gasteiger partial charge in [-0.05, 0) is 12.0 Å². The van der Waals surface area contributed by atoms with Gasteiger partial charge < -0.3 is 5.73 Å². The smallest absolute Gasteiger partial charge is 0.0306 e. The molecule has 0 bridgehead atoms. The summed E-state index contributed by atoms with van der Waals surface area (Å²) in [6, 6.07) is 10.1. The lowest BCUT2D eigenvalue weighted by Gasteiger charge is -2.08. The van der Waals surface area contributed by atoms with Crippen molar-refractivity contribution in [2.75, 3.05) is 5.88 Å². The van der Waals surface area contributed by atoms with Crippen LogP contribution in [0.25, 0.3) is 0 Å².